The topological polar surface area (TPSA) is 92.4 Å². The zero-order valence-electron chi connectivity index (χ0n) is 16.1. The minimum Gasteiger partial charge on any atom is -0.444 e. The molecule has 0 bridgehead atoms. The van der Waals surface area contributed by atoms with Crippen molar-refractivity contribution in [1.29, 1.82) is 0 Å². The van der Waals surface area contributed by atoms with Crippen LogP contribution in [-0.2, 0) is 9.53 Å². The van der Waals surface area contributed by atoms with Gasteiger partial charge in [0.1, 0.15) is 11.4 Å². The third-order valence-corrected chi connectivity index (χ3v) is 4.03. The largest absolute Gasteiger partial charge is 0.444 e. The maximum absolute atomic E-state index is 12.1. The van der Waals surface area contributed by atoms with Crippen LogP contribution in [0, 0.1) is 0 Å². The highest BCUT2D eigenvalue weighted by molar-refractivity contribution is 6.35. The highest BCUT2D eigenvalue weighted by Crippen LogP contribution is 2.29. The van der Waals surface area contributed by atoms with Gasteiger partial charge in [0.2, 0.25) is 5.91 Å². The Morgan fingerprint density at radius 2 is 2.00 bits per heavy atom. The van der Waals surface area contributed by atoms with Gasteiger partial charge in [-0.05, 0) is 39.8 Å². The zero-order chi connectivity index (χ0) is 20.2. The van der Waals surface area contributed by atoms with Crippen LogP contribution in [0.1, 0.15) is 39.3 Å². The number of likely N-dealkylation sites (N-methyl/N-ethyl adjacent to an activating group) is 1. The Labute approximate surface area is 163 Å². The summed E-state index contributed by atoms with van der Waals surface area (Å²) in [5.41, 5.74) is 0.741. The summed E-state index contributed by atoms with van der Waals surface area (Å²) in [5.74, 6) is 0.289. The number of anilines is 1. The summed E-state index contributed by atoms with van der Waals surface area (Å²) < 4.78 is 5.32. The normalized spacial score (nSPS) is 12.4. The Hall–Kier alpha value is -2.54. The molecule has 2 amide bonds. The van der Waals surface area contributed by atoms with Gasteiger partial charge in [0, 0.05) is 18.0 Å². The van der Waals surface area contributed by atoms with Crippen molar-refractivity contribution < 1.29 is 14.3 Å². The summed E-state index contributed by atoms with van der Waals surface area (Å²) in [5, 5.41) is 9.70. The Balaban J connectivity index is 2.36. The van der Waals surface area contributed by atoms with E-state index in [0.717, 1.165) is 10.9 Å². The number of halogens is 1. The fourth-order valence-corrected chi connectivity index (χ4v) is 2.69. The van der Waals surface area contributed by atoms with Crippen molar-refractivity contribution in [2.45, 2.75) is 39.3 Å². The van der Waals surface area contributed by atoms with E-state index in [0.29, 0.717) is 16.4 Å². The molecule has 2 aromatic rings. The van der Waals surface area contributed by atoms with Crippen LogP contribution < -0.4 is 16.0 Å². The maximum atomic E-state index is 12.1. The number of carbonyl (C=O) groups excluding carboxylic acids is 2. The smallest absolute Gasteiger partial charge is 0.408 e. The number of benzene rings is 1. The van der Waals surface area contributed by atoms with E-state index in [1.54, 1.807) is 33.9 Å². The second-order valence-corrected chi connectivity index (χ2v) is 7.54. The Morgan fingerprint density at radius 1 is 1.30 bits per heavy atom. The van der Waals surface area contributed by atoms with Gasteiger partial charge in [-0.25, -0.2) is 9.78 Å². The summed E-state index contributed by atoms with van der Waals surface area (Å²) >= 11 is 6.25. The summed E-state index contributed by atoms with van der Waals surface area (Å²) in [6, 6.07) is 6.97. The van der Waals surface area contributed by atoms with Crippen LogP contribution in [0.25, 0.3) is 10.9 Å². The van der Waals surface area contributed by atoms with Crippen LogP contribution in [0.15, 0.2) is 24.3 Å². The first-order chi connectivity index (χ1) is 12.6. The van der Waals surface area contributed by atoms with Gasteiger partial charge in [0.05, 0.1) is 23.1 Å². The van der Waals surface area contributed by atoms with Gasteiger partial charge in [-0.2, -0.15) is 0 Å². The van der Waals surface area contributed by atoms with Gasteiger partial charge in [-0.15, -0.1) is 0 Å². The highest BCUT2D eigenvalue weighted by Gasteiger charge is 2.21. The SMILES string of the molecule is CNC(=O)CNc1nc2c(Cl)cccc2cc1C(C)NC(=O)OC(C)(C)C. The molecule has 8 heteroatoms. The van der Waals surface area contributed by atoms with E-state index in [9.17, 15) is 9.59 Å². The maximum Gasteiger partial charge on any atom is 0.408 e. The van der Waals surface area contributed by atoms with Gasteiger partial charge in [-0.3, -0.25) is 4.79 Å². The number of fused-ring (bicyclic) bond motifs is 1. The molecule has 1 aromatic heterocycles. The molecular weight excluding hydrogens is 368 g/mol. The summed E-state index contributed by atoms with van der Waals surface area (Å²) in [6.45, 7) is 7.27. The molecule has 0 spiro atoms. The van der Waals surface area contributed by atoms with Crippen LogP contribution in [0.3, 0.4) is 0 Å². The quantitative estimate of drug-likeness (QED) is 0.722. The molecule has 0 saturated heterocycles. The Bertz CT molecular complexity index is 849. The summed E-state index contributed by atoms with van der Waals surface area (Å²) in [7, 11) is 1.56. The molecule has 0 aliphatic rings. The van der Waals surface area contributed by atoms with Crippen LogP contribution in [0.4, 0.5) is 10.6 Å². The first-order valence-electron chi connectivity index (χ1n) is 8.64. The van der Waals surface area contributed by atoms with Crippen LogP contribution in [0.5, 0.6) is 0 Å². The number of nitrogens with one attached hydrogen (secondary N) is 3. The average Bonchev–Trinajstić information content (AvgIpc) is 2.57. The number of amides is 2. The third-order valence-electron chi connectivity index (χ3n) is 3.72. The number of alkyl carbamates (subject to hydrolysis) is 1. The van der Waals surface area contributed by atoms with E-state index in [2.05, 4.69) is 20.9 Å². The lowest BCUT2D eigenvalue weighted by Crippen LogP contribution is -2.34. The van der Waals surface area contributed by atoms with E-state index in [1.807, 2.05) is 25.1 Å². The number of hydrogen-bond donors (Lipinski definition) is 3. The number of hydrogen-bond acceptors (Lipinski definition) is 5. The molecule has 0 radical (unpaired) electrons. The van der Waals surface area contributed by atoms with E-state index >= 15 is 0 Å². The molecule has 1 aromatic carbocycles. The van der Waals surface area contributed by atoms with Crippen molar-refractivity contribution in [3.05, 3.63) is 34.9 Å². The summed E-state index contributed by atoms with van der Waals surface area (Å²) in [6.07, 6.45) is -0.529. The number of nitrogens with zero attached hydrogens (tertiary/aromatic N) is 1. The fraction of sp³-hybridized carbons (Fsp3) is 0.421. The Morgan fingerprint density at radius 3 is 2.63 bits per heavy atom. The molecule has 0 aliphatic carbocycles. The first kappa shape index (κ1) is 20.8. The highest BCUT2D eigenvalue weighted by atomic mass is 35.5. The number of rotatable bonds is 5. The van der Waals surface area contributed by atoms with Crippen molar-refractivity contribution in [3.8, 4) is 0 Å². The lowest BCUT2D eigenvalue weighted by atomic mass is 10.1. The first-order valence-corrected chi connectivity index (χ1v) is 9.01. The van der Waals surface area contributed by atoms with Crippen LogP contribution in [-0.4, -0.2) is 36.2 Å². The fourth-order valence-electron chi connectivity index (χ4n) is 2.46. The van der Waals surface area contributed by atoms with E-state index in [4.69, 9.17) is 16.3 Å². The van der Waals surface area contributed by atoms with Gasteiger partial charge in [-0.1, -0.05) is 23.7 Å². The van der Waals surface area contributed by atoms with E-state index < -0.39 is 17.7 Å². The molecule has 0 saturated carbocycles. The average molecular weight is 393 g/mol. The minimum atomic E-state index is -0.598. The molecule has 3 N–H and O–H groups in total. The minimum absolute atomic E-state index is 0.0472. The second kappa shape index (κ2) is 8.43. The zero-order valence-corrected chi connectivity index (χ0v) is 16.9. The lowest BCUT2D eigenvalue weighted by molar-refractivity contribution is -0.118. The van der Waals surface area contributed by atoms with Crippen LogP contribution in [0.2, 0.25) is 5.02 Å². The van der Waals surface area contributed by atoms with Crippen molar-refractivity contribution in [2.75, 3.05) is 18.9 Å². The molecule has 2 rings (SSSR count). The van der Waals surface area contributed by atoms with Gasteiger partial charge in [0.25, 0.3) is 0 Å². The molecule has 1 heterocycles. The van der Waals surface area contributed by atoms with Gasteiger partial charge < -0.3 is 20.7 Å². The standard InChI is InChI=1S/C19H25ClN4O3/c1-11(23-18(26)27-19(2,3)4)13-9-12-7-6-8-14(20)16(12)24-17(13)22-10-15(25)21-5/h6-9,11H,10H2,1-5H3,(H,21,25)(H,22,24)(H,23,26). The van der Waals surface area contributed by atoms with Crippen molar-refractivity contribution in [2.24, 2.45) is 0 Å². The van der Waals surface area contributed by atoms with Crippen molar-refractivity contribution >= 4 is 40.3 Å². The predicted octanol–water partition coefficient (Wildman–Crippen LogP) is 3.63. The van der Waals surface area contributed by atoms with Gasteiger partial charge in [0.15, 0.2) is 0 Å². The predicted molar refractivity (Wildman–Crippen MR) is 107 cm³/mol. The molecule has 1 unspecified atom stereocenters. The molecule has 7 nitrogen and oxygen atoms in total. The summed E-state index contributed by atoms with van der Waals surface area (Å²) in [4.78, 5) is 28.3. The molecule has 1 atom stereocenters. The number of ether oxygens (including phenoxy) is 1. The second-order valence-electron chi connectivity index (χ2n) is 7.13. The molecule has 0 fully saturated rings. The van der Waals surface area contributed by atoms with Gasteiger partial charge >= 0.3 is 6.09 Å². The third kappa shape index (κ3) is 5.72. The number of aromatic nitrogens is 1. The molecule has 0 aliphatic heterocycles. The number of carbonyl (C=O) groups is 2. The monoisotopic (exact) mass is 392 g/mol. The van der Waals surface area contributed by atoms with Crippen molar-refractivity contribution in [3.63, 3.8) is 0 Å². The Kier molecular flexibility index (Phi) is 6.49. The number of para-hydroxylation sites is 1. The lowest BCUT2D eigenvalue weighted by Gasteiger charge is -2.23. The molecule has 146 valence electrons. The number of pyridine rings is 1. The van der Waals surface area contributed by atoms with E-state index in [1.165, 1.54) is 0 Å². The molecule has 27 heavy (non-hydrogen) atoms. The molecular formula is C19H25ClN4O3. The van der Waals surface area contributed by atoms with Crippen molar-refractivity contribution in [1.82, 2.24) is 15.6 Å². The van der Waals surface area contributed by atoms with E-state index in [-0.39, 0.29) is 12.5 Å². The van der Waals surface area contributed by atoms with Crippen LogP contribution >= 0.6 is 11.6 Å².